The number of hydrogen-bond acceptors (Lipinski definition) is 6. The zero-order valence-electron chi connectivity index (χ0n) is 14.9. The average molecular weight is 384 g/mol. The smallest absolute Gasteiger partial charge is 0.279 e. The van der Waals surface area contributed by atoms with E-state index in [2.05, 4.69) is 5.32 Å². The minimum Gasteiger partial charge on any atom is -0.320 e. The third kappa shape index (κ3) is 3.52. The molecule has 0 radical (unpaired) electrons. The molecule has 28 heavy (non-hydrogen) atoms. The molecule has 144 valence electrons. The first-order valence-electron chi connectivity index (χ1n) is 8.43. The van der Waals surface area contributed by atoms with E-state index >= 15 is 0 Å². The highest BCUT2D eigenvalue weighted by Crippen LogP contribution is 2.32. The molecule has 1 aliphatic heterocycles. The largest absolute Gasteiger partial charge is 0.320 e. The fraction of sp³-hybridized carbons (Fsp3) is 0.222. The Morgan fingerprint density at radius 2 is 1.86 bits per heavy atom. The van der Waals surface area contributed by atoms with Gasteiger partial charge in [0.2, 0.25) is 5.91 Å². The van der Waals surface area contributed by atoms with Crippen LogP contribution in [-0.2, 0) is 4.79 Å². The van der Waals surface area contributed by atoms with Crippen LogP contribution in [0.3, 0.4) is 0 Å². The van der Waals surface area contributed by atoms with Gasteiger partial charge in [-0.25, -0.2) is 0 Å². The molecular formula is C18H16N4O6. The molecule has 1 N–H and O–H groups in total. The standard InChI is InChI=1S/C18H16N4O6/c1-11-13(9-12(21(25)26)10-16(11)22(27)28)18(24)19-14-5-2-3-6-15(14)20-8-4-7-17(20)23/h2-3,5-6,9-10H,4,7-8H2,1H3,(H,19,24). The maximum atomic E-state index is 12.8. The SMILES string of the molecule is Cc1c(C(=O)Nc2ccccc2N2CCCC2=O)cc([N+](=O)[O-])cc1[N+](=O)[O-]. The van der Waals surface area contributed by atoms with Crippen LogP contribution in [0, 0.1) is 27.2 Å². The van der Waals surface area contributed by atoms with Crippen LogP contribution in [0.4, 0.5) is 22.7 Å². The van der Waals surface area contributed by atoms with Crippen molar-refractivity contribution in [3.05, 3.63) is 67.8 Å². The third-order valence-corrected chi connectivity index (χ3v) is 4.53. The Kier molecular flexibility index (Phi) is 5.03. The van der Waals surface area contributed by atoms with Gasteiger partial charge in [0.05, 0.1) is 32.9 Å². The number of amides is 2. The lowest BCUT2D eigenvalue weighted by Gasteiger charge is -2.20. The van der Waals surface area contributed by atoms with Crippen molar-refractivity contribution in [2.24, 2.45) is 0 Å². The summed E-state index contributed by atoms with van der Waals surface area (Å²) in [5.41, 5.74) is -0.369. The molecule has 0 unspecified atom stereocenters. The van der Waals surface area contributed by atoms with Gasteiger partial charge in [-0.1, -0.05) is 12.1 Å². The Morgan fingerprint density at radius 1 is 1.14 bits per heavy atom. The van der Waals surface area contributed by atoms with Crippen LogP contribution in [0.1, 0.15) is 28.8 Å². The zero-order chi connectivity index (χ0) is 20.4. The summed E-state index contributed by atoms with van der Waals surface area (Å²) in [7, 11) is 0. The van der Waals surface area contributed by atoms with Crippen LogP contribution in [0.25, 0.3) is 0 Å². The van der Waals surface area contributed by atoms with Gasteiger partial charge in [-0.3, -0.25) is 29.8 Å². The van der Waals surface area contributed by atoms with Gasteiger partial charge in [0.25, 0.3) is 17.3 Å². The molecule has 1 heterocycles. The van der Waals surface area contributed by atoms with E-state index in [1.807, 2.05) is 0 Å². The summed E-state index contributed by atoms with van der Waals surface area (Å²) in [5, 5.41) is 24.9. The number of benzene rings is 2. The number of carbonyl (C=O) groups is 2. The van der Waals surface area contributed by atoms with Crippen molar-refractivity contribution in [1.82, 2.24) is 0 Å². The van der Waals surface area contributed by atoms with Crippen molar-refractivity contribution >= 4 is 34.6 Å². The van der Waals surface area contributed by atoms with Crippen molar-refractivity contribution < 1.29 is 19.4 Å². The highest BCUT2D eigenvalue weighted by atomic mass is 16.6. The second-order valence-corrected chi connectivity index (χ2v) is 6.27. The van der Waals surface area contributed by atoms with Gasteiger partial charge in [0, 0.05) is 24.6 Å². The number of nitro benzene ring substituents is 2. The number of para-hydroxylation sites is 2. The molecule has 2 aromatic rings. The number of rotatable bonds is 5. The maximum absolute atomic E-state index is 12.8. The van der Waals surface area contributed by atoms with E-state index in [9.17, 15) is 29.8 Å². The van der Waals surface area contributed by atoms with Crippen molar-refractivity contribution in [3.8, 4) is 0 Å². The van der Waals surface area contributed by atoms with E-state index in [-0.39, 0.29) is 17.0 Å². The van der Waals surface area contributed by atoms with Gasteiger partial charge in [0.15, 0.2) is 0 Å². The predicted molar refractivity (Wildman–Crippen MR) is 100 cm³/mol. The fourth-order valence-corrected chi connectivity index (χ4v) is 3.12. The molecule has 1 fully saturated rings. The van der Waals surface area contributed by atoms with Gasteiger partial charge in [0.1, 0.15) is 0 Å². The molecule has 3 rings (SSSR count). The number of non-ortho nitro benzene ring substituents is 1. The van der Waals surface area contributed by atoms with E-state index in [1.165, 1.54) is 6.92 Å². The zero-order valence-corrected chi connectivity index (χ0v) is 14.9. The number of nitrogens with zero attached hydrogens (tertiary/aromatic N) is 3. The minimum absolute atomic E-state index is 0.0165. The molecule has 1 saturated heterocycles. The molecule has 2 aromatic carbocycles. The molecule has 0 atom stereocenters. The van der Waals surface area contributed by atoms with Crippen LogP contribution in [-0.4, -0.2) is 28.2 Å². The first-order valence-corrected chi connectivity index (χ1v) is 8.43. The van der Waals surface area contributed by atoms with E-state index in [4.69, 9.17) is 0 Å². The number of hydrogen-bond donors (Lipinski definition) is 1. The molecule has 2 amide bonds. The van der Waals surface area contributed by atoms with Crippen LogP contribution in [0.15, 0.2) is 36.4 Å². The third-order valence-electron chi connectivity index (χ3n) is 4.53. The molecule has 10 heteroatoms. The van der Waals surface area contributed by atoms with E-state index in [0.29, 0.717) is 30.8 Å². The molecule has 0 bridgehead atoms. The Morgan fingerprint density at radius 3 is 2.46 bits per heavy atom. The summed E-state index contributed by atoms with van der Waals surface area (Å²) < 4.78 is 0. The normalized spacial score (nSPS) is 13.5. The van der Waals surface area contributed by atoms with Crippen molar-refractivity contribution in [3.63, 3.8) is 0 Å². The Hall–Kier alpha value is -3.82. The van der Waals surface area contributed by atoms with Crippen LogP contribution in [0.5, 0.6) is 0 Å². The number of nitro groups is 2. The van der Waals surface area contributed by atoms with Gasteiger partial charge < -0.3 is 10.2 Å². The summed E-state index contributed by atoms with van der Waals surface area (Å²) in [5.74, 6) is -0.799. The molecule has 10 nitrogen and oxygen atoms in total. The topological polar surface area (TPSA) is 136 Å². The molecule has 0 spiro atoms. The molecule has 0 aliphatic carbocycles. The lowest BCUT2D eigenvalue weighted by atomic mass is 10.0. The fourth-order valence-electron chi connectivity index (χ4n) is 3.12. The number of carbonyl (C=O) groups excluding carboxylic acids is 2. The second-order valence-electron chi connectivity index (χ2n) is 6.27. The summed E-state index contributed by atoms with van der Waals surface area (Å²) in [6, 6.07) is 8.49. The molecular weight excluding hydrogens is 368 g/mol. The van der Waals surface area contributed by atoms with Crippen molar-refractivity contribution in [1.29, 1.82) is 0 Å². The monoisotopic (exact) mass is 384 g/mol. The van der Waals surface area contributed by atoms with Gasteiger partial charge in [-0.2, -0.15) is 0 Å². The maximum Gasteiger partial charge on any atom is 0.279 e. The van der Waals surface area contributed by atoms with Crippen molar-refractivity contribution in [2.75, 3.05) is 16.8 Å². The van der Waals surface area contributed by atoms with Crippen molar-refractivity contribution in [2.45, 2.75) is 19.8 Å². The number of nitrogens with one attached hydrogen (secondary N) is 1. The Bertz CT molecular complexity index is 1000. The Balaban J connectivity index is 2.00. The summed E-state index contributed by atoms with van der Waals surface area (Å²) >= 11 is 0. The van der Waals surface area contributed by atoms with Crippen LogP contribution >= 0.6 is 0 Å². The second kappa shape index (κ2) is 7.43. The highest BCUT2D eigenvalue weighted by Gasteiger charge is 2.27. The van der Waals surface area contributed by atoms with Gasteiger partial charge >= 0.3 is 0 Å². The highest BCUT2D eigenvalue weighted by molar-refractivity contribution is 6.09. The molecule has 0 saturated carbocycles. The number of anilines is 2. The Labute approximate surface area is 159 Å². The van der Waals surface area contributed by atoms with E-state index in [0.717, 1.165) is 12.1 Å². The quantitative estimate of drug-likeness (QED) is 0.621. The summed E-state index contributed by atoms with van der Waals surface area (Å²) in [6.45, 7) is 1.87. The summed E-state index contributed by atoms with van der Waals surface area (Å²) in [6.07, 6.45) is 1.12. The lowest BCUT2D eigenvalue weighted by Crippen LogP contribution is -2.25. The minimum atomic E-state index is -0.792. The first kappa shape index (κ1) is 19.0. The molecule has 1 aliphatic rings. The van der Waals surface area contributed by atoms with Gasteiger partial charge in [-0.05, 0) is 25.5 Å². The lowest BCUT2D eigenvalue weighted by molar-refractivity contribution is -0.394. The first-order chi connectivity index (χ1) is 13.3. The van der Waals surface area contributed by atoms with Crippen LogP contribution in [0.2, 0.25) is 0 Å². The average Bonchev–Trinajstić information content (AvgIpc) is 3.07. The summed E-state index contributed by atoms with van der Waals surface area (Å²) in [4.78, 5) is 47.1. The predicted octanol–water partition coefficient (Wildman–Crippen LogP) is 3.19. The molecule has 0 aromatic heterocycles. The van der Waals surface area contributed by atoms with E-state index < -0.39 is 27.1 Å². The van der Waals surface area contributed by atoms with Crippen LogP contribution < -0.4 is 10.2 Å². The van der Waals surface area contributed by atoms with Gasteiger partial charge in [-0.15, -0.1) is 0 Å². The van der Waals surface area contributed by atoms with E-state index in [1.54, 1.807) is 29.2 Å².